The number of amides is 1. The second-order valence-electron chi connectivity index (χ2n) is 6.54. The lowest BCUT2D eigenvalue weighted by Crippen LogP contribution is -2.44. The Morgan fingerprint density at radius 3 is 2.28 bits per heavy atom. The Labute approximate surface area is 165 Å². The molecule has 0 saturated carbocycles. The van der Waals surface area contributed by atoms with Gasteiger partial charge in [-0.1, -0.05) is 26.8 Å². The maximum Gasteiger partial charge on any atom is 0.225 e. The molecule has 8 heteroatoms. The molecule has 1 atom stereocenters. The molecule has 0 fully saturated rings. The molecule has 0 aliphatic rings. The van der Waals surface area contributed by atoms with Gasteiger partial charge in [0.25, 0.3) is 0 Å². The Kier molecular flexibility index (Phi) is 9.91. The normalized spacial score (nSPS) is 12.8. The van der Waals surface area contributed by atoms with Crippen LogP contribution in [0.15, 0.2) is 23.2 Å². The Bertz CT molecular complexity index is 603. The molecule has 3 N–H and O–H groups in total. The van der Waals surface area contributed by atoms with E-state index in [9.17, 15) is 13.6 Å². The highest BCUT2D eigenvalue weighted by Crippen LogP contribution is 2.15. The zero-order valence-electron chi connectivity index (χ0n) is 15.2. The number of hydrogen-bond acceptors (Lipinski definition) is 2. The minimum Gasteiger partial charge on any atom is -0.355 e. The van der Waals surface area contributed by atoms with Crippen LogP contribution >= 0.6 is 24.0 Å². The van der Waals surface area contributed by atoms with Crippen LogP contribution in [0.4, 0.5) is 8.78 Å². The van der Waals surface area contributed by atoms with Crippen LogP contribution in [0.3, 0.4) is 0 Å². The molecule has 0 aliphatic heterocycles. The predicted molar refractivity (Wildman–Crippen MR) is 107 cm³/mol. The number of rotatable bonds is 5. The molecule has 0 spiro atoms. The smallest absolute Gasteiger partial charge is 0.225 e. The van der Waals surface area contributed by atoms with Gasteiger partial charge in [0.2, 0.25) is 5.91 Å². The lowest BCUT2D eigenvalue weighted by molar-refractivity contribution is -0.128. The molecular formula is C17H27F2IN4O. The molecule has 0 bridgehead atoms. The van der Waals surface area contributed by atoms with E-state index in [0.717, 1.165) is 12.1 Å². The summed E-state index contributed by atoms with van der Waals surface area (Å²) >= 11 is 0. The summed E-state index contributed by atoms with van der Waals surface area (Å²) in [5.74, 6) is -1.27. The second kappa shape index (κ2) is 10.5. The fourth-order valence-electron chi connectivity index (χ4n) is 1.89. The summed E-state index contributed by atoms with van der Waals surface area (Å²) in [5, 5.41) is 8.97. The first-order valence-corrected chi connectivity index (χ1v) is 7.85. The number of benzene rings is 1. The zero-order chi connectivity index (χ0) is 18.3. The summed E-state index contributed by atoms with van der Waals surface area (Å²) in [6.45, 7) is 8.31. The summed E-state index contributed by atoms with van der Waals surface area (Å²) in [5.41, 5.74) is 0.180. The maximum atomic E-state index is 13.3. The van der Waals surface area contributed by atoms with Crippen LogP contribution in [-0.2, 0) is 4.79 Å². The van der Waals surface area contributed by atoms with Gasteiger partial charge in [0.05, 0.1) is 6.04 Å². The van der Waals surface area contributed by atoms with Crippen molar-refractivity contribution in [1.82, 2.24) is 16.0 Å². The number of nitrogens with one attached hydrogen (secondary N) is 3. The van der Waals surface area contributed by atoms with Crippen LogP contribution in [0.2, 0.25) is 0 Å². The fourth-order valence-corrected chi connectivity index (χ4v) is 1.89. The first-order valence-electron chi connectivity index (χ1n) is 7.85. The van der Waals surface area contributed by atoms with Gasteiger partial charge >= 0.3 is 0 Å². The van der Waals surface area contributed by atoms with Gasteiger partial charge in [-0.3, -0.25) is 9.79 Å². The molecule has 1 aromatic rings. The predicted octanol–water partition coefficient (Wildman–Crippen LogP) is 2.97. The van der Waals surface area contributed by atoms with E-state index < -0.39 is 17.0 Å². The SMILES string of the molecule is CN=C(NCCNC(=O)C(C)(C)C)NC(C)c1ccc(F)c(F)c1.I. The highest BCUT2D eigenvalue weighted by atomic mass is 127. The molecule has 1 aromatic carbocycles. The van der Waals surface area contributed by atoms with E-state index in [1.54, 1.807) is 7.05 Å². The summed E-state index contributed by atoms with van der Waals surface area (Å²) in [7, 11) is 1.61. The Morgan fingerprint density at radius 2 is 1.76 bits per heavy atom. The van der Waals surface area contributed by atoms with Crippen molar-refractivity contribution in [3.05, 3.63) is 35.4 Å². The monoisotopic (exact) mass is 468 g/mol. The highest BCUT2D eigenvalue weighted by Gasteiger charge is 2.20. The molecule has 1 amide bonds. The molecule has 0 aliphatic carbocycles. The summed E-state index contributed by atoms with van der Waals surface area (Å²) in [4.78, 5) is 15.8. The average molecular weight is 468 g/mol. The molecule has 1 unspecified atom stereocenters. The highest BCUT2D eigenvalue weighted by molar-refractivity contribution is 14.0. The van der Waals surface area contributed by atoms with E-state index in [1.807, 2.05) is 27.7 Å². The molecule has 0 radical (unpaired) electrons. The van der Waals surface area contributed by atoms with E-state index in [2.05, 4.69) is 20.9 Å². The van der Waals surface area contributed by atoms with Crippen LogP contribution in [0, 0.1) is 17.0 Å². The van der Waals surface area contributed by atoms with E-state index in [4.69, 9.17) is 0 Å². The first kappa shape index (κ1) is 23.5. The number of hydrogen-bond donors (Lipinski definition) is 3. The van der Waals surface area contributed by atoms with E-state index in [-0.39, 0.29) is 35.9 Å². The van der Waals surface area contributed by atoms with Crippen molar-refractivity contribution in [3.8, 4) is 0 Å². The number of aliphatic imine (C=N–C) groups is 1. The number of halogens is 3. The number of carbonyl (C=O) groups excluding carboxylic acids is 1. The minimum absolute atomic E-state index is 0. The Balaban J connectivity index is 0.00000576. The molecule has 1 rings (SSSR count). The molecule has 25 heavy (non-hydrogen) atoms. The lowest BCUT2D eigenvalue weighted by atomic mass is 9.96. The maximum absolute atomic E-state index is 13.3. The second-order valence-corrected chi connectivity index (χ2v) is 6.54. The largest absolute Gasteiger partial charge is 0.355 e. The van der Waals surface area contributed by atoms with Crippen LogP contribution in [0.25, 0.3) is 0 Å². The minimum atomic E-state index is -0.881. The molecular weight excluding hydrogens is 441 g/mol. The van der Waals surface area contributed by atoms with Gasteiger partial charge in [-0.2, -0.15) is 0 Å². The third kappa shape index (κ3) is 7.98. The van der Waals surface area contributed by atoms with Crippen molar-refractivity contribution in [1.29, 1.82) is 0 Å². The van der Waals surface area contributed by atoms with Crippen LogP contribution in [0.1, 0.15) is 39.3 Å². The quantitative estimate of drug-likeness (QED) is 0.270. The van der Waals surface area contributed by atoms with Crippen molar-refractivity contribution < 1.29 is 13.6 Å². The lowest BCUT2D eigenvalue weighted by Gasteiger charge is -2.20. The Hall–Kier alpha value is -1.45. The van der Waals surface area contributed by atoms with E-state index >= 15 is 0 Å². The topological polar surface area (TPSA) is 65.5 Å². The molecule has 0 heterocycles. The number of carbonyl (C=O) groups is 1. The van der Waals surface area contributed by atoms with Crippen molar-refractivity contribution in [3.63, 3.8) is 0 Å². The first-order chi connectivity index (χ1) is 11.1. The summed E-state index contributed by atoms with van der Waals surface area (Å²) in [6.07, 6.45) is 0. The van der Waals surface area contributed by atoms with Gasteiger partial charge in [0.1, 0.15) is 0 Å². The van der Waals surface area contributed by atoms with E-state index in [0.29, 0.717) is 24.6 Å². The number of guanidine groups is 1. The van der Waals surface area contributed by atoms with E-state index in [1.165, 1.54) is 6.07 Å². The van der Waals surface area contributed by atoms with Gasteiger partial charge < -0.3 is 16.0 Å². The molecule has 0 saturated heterocycles. The average Bonchev–Trinajstić information content (AvgIpc) is 2.51. The van der Waals surface area contributed by atoms with Crippen LogP contribution in [-0.4, -0.2) is 32.0 Å². The standard InChI is InChI=1S/C17H26F2N4O.HI/c1-11(12-6-7-13(18)14(19)10-12)23-16(20-5)22-9-8-21-15(24)17(2,3)4;/h6-7,10-11H,8-9H2,1-5H3,(H,21,24)(H2,20,22,23);1H. The zero-order valence-corrected chi connectivity index (χ0v) is 17.6. The van der Waals surface area contributed by atoms with Crippen molar-refractivity contribution in [2.24, 2.45) is 10.4 Å². The van der Waals surface area contributed by atoms with Crippen LogP contribution < -0.4 is 16.0 Å². The Morgan fingerprint density at radius 1 is 1.16 bits per heavy atom. The fraction of sp³-hybridized carbons (Fsp3) is 0.529. The number of nitrogens with zero attached hydrogens (tertiary/aromatic N) is 1. The van der Waals surface area contributed by atoms with Gasteiger partial charge in [-0.05, 0) is 24.6 Å². The van der Waals surface area contributed by atoms with Crippen molar-refractivity contribution in [2.45, 2.75) is 33.7 Å². The molecule has 5 nitrogen and oxygen atoms in total. The third-order valence-corrected chi connectivity index (χ3v) is 3.40. The van der Waals surface area contributed by atoms with Gasteiger partial charge in [0.15, 0.2) is 17.6 Å². The van der Waals surface area contributed by atoms with Crippen LogP contribution in [0.5, 0.6) is 0 Å². The summed E-state index contributed by atoms with van der Waals surface area (Å²) < 4.78 is 26.3. The third-order valence-electron chi connectivity index (χ3n) is 3.40. The van der Waals surface area contributed by atoms with Gasteiger partial charge in [-0.25, -0.2) is 8.78 Å². The van der Waals surface area contributed by atoms with Gasteiger partial charge in [-0.15, -0.1) is 24.0 Å². The van der Waals surface area contributed by atoms with Crippen molar-refractivity contribution in [2.75, 3.05) is 20.1 Å². The van der Waals surface area contributed by atoms with Crippen molar-refractivity contribution >= 4 is 35.8 Å². The molecule has 0 aromatic heterocycles. The molecule has 142 valence electrons. The van der Waals surface area contributed by atoms with Gasteiger partial charge in [0, 0.05) is 25.6 Å². The summed E-state index contributed by atoms with van der Waals surface area (Å²) in [6, 6.07) is 3.52.